The van der Waals surface area contributed by atoms with Gasteiger partial charge in [0.1, 0.15) is 18.8 Å². The maximum atomic E-state index is 11.0. The van der Waals surface area contributed by atoms with Crippen LogP contribution >= 0.6 is 0 Å². The fourth-order valence-corrected chi connectivity index (χ4v) is 3.58. The largest absolute Gasteiger partial charge is 1.00 e. The highest BCUT2D eigenvalue weighted by atomic mass is 127. The van der Waals surface area contributed by atoms with Crippen molar-refractivity contribution in [3.63, 3.8) is 0 Å². The van der Waals surface area contributed by atoms with Gasteiger partial charge in [0.2, 0.25) is 0 Å². The van der Waals surface area contributed by atoms with Crippen molar-refractivity contribution in [2.24, 2.45) is 0 Å². The van der Waals surface area contributed by atoms with Crippen LogP contribution in [0.4, 0.5) is 0 Å². The summed E-state index contributed by atoms with van der Waals surface area (Å²) in [5.41, 5.74) is 0.579. The minimum Gasteiger partial charge on any atom is -1.00 e. The fourth-order valence-electron chi connectivity index (χ4n) is 3.58. The van der Waals surface area contributed by atoms with E-state index in [0.717, 1.165) is 42.7 Å². The molecule has 0 amide bonds. The van der Waals surface area contributed by atoms with E-state index in [1.807, 2.05) is 31.2 Å². The third-order valence-electron chi connectivity index (χ3n) is 5.29. The Labute approximate surface area is 179 Å². The third kappa shape index (κ3) is 6.09. The first-order valence-corrected chi connectivity index (χ1v) is 9.46. The summed E-state index contributed by atoms with van der Waals surface area (Å²) in [4.78, 5) is 0. The van der Waals surface area contributed by atoms with E-state index in [0.29, 0.717) is 19.0 Å². The number of para-hydroxylation sites is 2. The van der Waals surface area contributed by atoms with Crippen LogP contribution in [0.15, 0.2) is 54.6 Å². The molecule has 1 aliphatic heterocycles. The van der Waals surface area contributed by atoms with Crippen molar-refractivity contribution in [2.75, 3.05) is 33.4 Å². The van der Waals surface area contributed by atoms with Crippen molar-refractivity contribution in [1.29, 1.82) is 0 Å². The second kappa shape index (κ2) is 9.75. The Kier molecular flexibility index (Phi) is 7.94. The third-order valence-corrected chi connectivity index (χ3v) is 5.29. The van der Waals surface area contributed by atoms with Gasteiger partial charge in [0.15, 0.2) is 11.5 Å². The molecule has 1 fully saturated rings. The van der Waals surface area contributed by atoms with Crippen LogP contribution in [0, 0.1) is 0 Å². The second-order valence-corrected chi connectivity index (χ2v) is 7.60. The van der Waals surface area contributed by atoms with Crippen LogP contribution < -0.4 is 33.5 Å². The first-order chi connectivity index (χ1) is 12.5. The number of nitrogens with zero attached hydrogens (tertiary/aromatic N) is 1. The molecule has 0 unspecified atom stereocenters. The molecule has 0 saturated carbocycles. The lowest BCUT2D eigenvalue weighted by atomic mass is 9.90. The Morgan fingerprint density at radius 2 is 1.48 bits per heavy atom. The number of quaternary nitrogens is 1. The Morgan fingerprint density at radius 1 is 0.926 bits per heavy atom. The van der Waals surface area contributed by atoms with E-state index in [9.17, 15) is 5.11 Å². The standard InChI is InChI=1S/C22H30NO3.HI/c1-3-25-20-11-7-8-12-21(20)26-18-22(24)13-15-23(2,16-14-22)17-19-9-5-4-6-10-19;/h4-12,24H,3,13-18H2,1-2H3;1H/q+1;/p-1. The summed E-state index contributed by atoms with van der Waals surface area (Å²) in [5.74, 6) is 1.44. The molecule has 0 spiro atoms. The highest BCUT2D eigenvalue weighted by Crippen LogP contribution is 2.31. The lowest BCUT2D eigenvalue weighted by Gasteiger charge is -2.44. The number of hydrogen-bond acceptors (Lipinski definition) is 3. The minimum atomic E-state index is -0.770. The highest BCUT2D eigenvalue weighted by Gasteiger charge is 2.40. The number of hydrogen-bond donors (Lipinski definition) is 1. The SMILES string of the molecule is CCOc1ccccc1OCC1(O)CC[N+](C)(Cc2ccccc2)CC1.[I-]. The molecule has 2 aromatic carbocycles. The number of benzene rings is 2. The van der Waals surface area contributed by atoms with Crippen molar-refractivity contribution in [1.82, 2.24) is 0 Å². The van der Waals surface area contributed by atoms with Crippen LogP contribution in [0.3, 0.4) is 0 Å². The van der Waals surface area contributed by atoms with Crippen molar-refractivity contribution >= 4 is 0 Å². The van der Waals surface area contributed by atoms with E-state index in [2.05, 4.69) is 37.4 Å². The zero-order chi connectivity index (χ0) is 18.5. The van der Waals surface area contributed by atoms with Crippen molar-refractivity contribution in [3.8, 4) is 11.5 Å². The van der Waals surface area contributed by atoms with Crippen LogP contribution in [0.25, 0.3) is 0 Å². The molecule has 148 valence electrons. The van der Waals surface area contributed by atoms with Gasteiger partial charge in [-0.25, -0.2) is 0 Å². The fraction of sp³-hybridized carbons (Fsp3) is 0.455. The Balaban J connectivity index is 0.00000261. The van der Waals surface area contributed by atoms with Crippen LogP contribution in [0.5, 0.6) is 11.5 Å². The van der Waals surface area contributed by atoms with Crippen LogP contribution in [0.2, 0.25) is 0 Å². The Hall–Kier alpha value is -1.31. The zero-order valence-corrected chi connectivity index (χ0v) is 18.4. The lowest BCUT2D eigenvalue weighted by Crippen LogP contribution is -3.00. The Morgan fingerprint density at radius 3 is 2.07 bits per heavy atom. The molecule has 0 atom stereocenters. The summed E-state index contributed by atoms with van der Waals surface area (Å²) in [6.45, 7) is 5.76. The summed E-state index contributed by atoms with van der Waals surface area (Å²) in [6, 6.07) is 18.2. The van der Waals surface area contributed by atoms with Crippen molar-refractivity contribution < 1.29 is 43.0 Å². The van der Waals surface area contributed by atoms with E-state index in [-0.39, 0.29) is 24.0 Å². The second-order valence-electron chi connectivity index (χ2n) is 7.60. The predicted molar refractivity (Wildman–Crippen MR) is 103 cm³/mol. The molecule has 0 aliphatic carbocycles. The average Bonchev–Trinajstić information content (AvgIpc) is 2.65. The predicted octanol–water partition coefficient (Wildman–Crippen LogP) is 0.640. The van der Waals surface area contributed by atoms with Crippen molar-refractivity contribution in [3.05, 3.63) is 60.2 Å². The molecule has 1 heterocycles. The maximum Gasteiger partial charge on any atom is 0.161 e. The zero-order valence-electron chi connectivity index (χ0n) is 16.2. The molecule has 27 heavy (non-hydrogen) atoms. The van der Waals surface area contributed by atoms with E-state index < -0.39 is 5.60 Å². The van der Waals surface area contributed by atoms with Gasteiger partial charge in [-0.3, -0.25) is 0 Å². The topological polar surface area (TPSA) is 38.7 Å². The molecular weight excluding hydrogens is 453 g/mol. The van der Waals surface area contributed by atoms with Crippen LogP contribution in [-0.4, -0.2) is 48.5 Å². The first-order valence-electron chi connectivity index (χ1n) is 9.46. The van der Waals surface area contributed by atoms with Gasteiger partial charge in [-0.15, -0.1) is 0 Å². The van der Waals surface area contributed by atoms with E-state index in [1.54, 1.807) is 0 Å². The molecule has 5 heteroatoms. The van der Waals surface area contributed by atoms with Crippen molar-refractivity contribution in [2.45, 2.75) is 31.9 Å². The van der Waals surface area contributed by atoms with Gasteiger partial charge in [0.25, 0.3) is 0 Å². The maximum absolute atomic E-state index is 11.0. The van der Waals surface area contributed by atoms with Gasteiger partial charge in [0, 0.05) is 18.4 Å². The molecular formula is C22H30INO3. The van der Waals surface area contributed by atoms with Gasteiger partial charge in [-0.2, -0.15) is 0 Å². The van der Waals surface area contributed by atoms with Gasteiger partial charge in [-0.1, -0.05) is 42.5 Å². The van der Waals surface area contributed by atoms with Crippen LogP contribution in [0.1, 0.15) is 25.3 Å². The van der Waals surface area contributed by atoms with Gasteiger partial charge in [-0.05, 0) is 19.1 Å². The molecule has 2 aromatic rings. The average molecular weight is 483 g/mol. The monoisotopic (exact) mass is 483 g/mol. The minimum absolute atomic E-state index is 0. The molecule has 0 bridgehead atoms. The molecule has 1 aliphatic rings. The number of ether oxygens (including phenoxy) is 2. The number of likely N-dealkylation sites (tertiary alicyclic amines) is 1. The molecule has 1 saturated heterocycles. The summed E-state index contributed by atoms with van der Waals surface area (Å²) in [6.07, 6.45) is 1.49. The summed E-state index contributed by atoms with van der Waals surface area (Å²) in [7, 11) is 2.28. The van der Waals surface area contributed by atoms with Crippen LogP contribution in [-0.2, 0) is 6.54 Å². The quantitative estimate of drug-likeness (QED) is 0.464. The first kappa shape index (κ1) is 22.0. The summed E-state index contributed by atoms with van der Waals surface area (Å²) >= 11 is 0. The van der Waals surface area contributed by atoms with Gasteiger partial charge in [0.05, 0.1) is 26.7 Å². The molecule has 1 N–H and O–H groups in total. The normalized spacial score (nSPS) is 24.7. The Bertz CT molecular complexity index is 700. The van der Waals surface area contributed by atoms with Gasteiger partial charge >= 0.3 is 0 Å². The summed E-state index contributed by atoms with van der Waals surface area (Å²) < 4.78 is 12.5. The smallest absolute Gasteiger partial charge is 0.161 e. The van der Waals surface area contributed by atoms with E-state index in [4.69, 9.17) is 9.47 Å². The highest BCUT2D eigenvalue weighted by molar-refractivity contribution is 5.39. The number of aliphatic hydroxyl groups is 1. The van der Waals surface area contributed by atoms with E-state index in [1.165, 1.54) is 5.56 Å². The lowest BCUT2D eigenvalue weighted by molar-refractivity contribution is -0.929. The van der Waals surface area contributed by atoms with E-state index >= 15 is 0 Å². The number of halogens is 1. The summed E-state index contributed by atoms with van der Waals surface area (Å²) in [5, 5.41) is 11.0. The number of rotatable bonds is 7. The number of piperidine rings is 1. The molecule has 4 nitrogen and oxygen atoms in total. The molecule has 0 aromatic heterocycles. The molecule has 0 radical (unpaired) electrons. The molecule has 3 rings (SSSR count). The van der Waals surface area contributed by atoms with Gasteiger partial charge < -0.3 is 43.0 Å².